The summed E-state index contributed by atoms with van der Waals surface area (Å²) in [5, 5.41) is 26.2. The Kier molecular flexibility index (Phi) is 3.82. The standard InChI is InChI=1S/C10H9NO7/c12-7-2-1-5(9(15)16)4-11(7)6(10(17)18)3-8(13)14/h1-2,4,6H,3H2,(H,13,14)(H,15,16)(H,17,18)/t6-/m0/s1. The summed E-state index contributed by atoms with van der Waals surface area (Å²) in [5.74, 6) is -4.28. The number of hydrogen-bond donors (Lipinski definition) is 3. The SMILES string of the molecule is O=C(O)C[C@@H](C(=O)O)n1cc(C(=O)O)ccc1=O. The molecular formula is C10H9NO7. The van der Waals surface area contributed by atoms with Gasteiger partial charge in [-0.05, 0) is 6.07 Å². The highest BCUT2D eigenvalue weighted by molar-refractivity contribution is 5.87. The molecule has 18 heavy (non-hydrogen) atoms. The number of carboxylic acids is 3. The summed E-state index contributed by atoms with van der Waals surface area (Å²) in [7, 11) is 0. The number of pyridine rings is 1. The van der Waals surface area contributed by atoms with E-state index in [1.54, 1.807) is 0 Å². The van der Waals surface area contributed by atoms with Crippen LogP contribution in [-0.2, 0) is 9.59 Å². The number of aromatic nitrogens is 1. The summed E-state index contributed by atoms with van der Waals surface area (Å²) in [5.41, 5.74) is -1.08. The molecule has 0 aliphatic carbocycles. The van der Waals surface area contributed by atoms with Gasteiger partial charge in [0.25, 0.3) is 5.56 Å². The van der Waals surface area contributed by atoms with Crippen LogP contribution in [0.3, 0.4) is 0 Å². The van der Waals surface area contributed by atoms with E-state index >= 15 is 0 Å². The van der Waals surface area contributed by atoms with Crippen molar-refractivity contribution in [1.29, 1.82) is 0 Å². The van der Waals surface area contributed by atoms with Crippen molar-refractivity contribution in [3.05, 3.63) is 34.2 Å². The van der Waals surface area contributed by atoms with Crippen LogP contribution in [0.25, 0.3) is 0 Å². The molecule has 3 N–H and O–H groups in total. The lowest BCUT2D eigenvalue weighted by atomic mass is 10.2. The van der Waals surface area contributed by atoms with E-state index in [1.807, 2.05) is 0 Å². The molecule has 8 heteroatoms. The van der Waals surface area contributed by atoms with Gasteiger partial charge in [-0.25, -0.2) is 9.59 Å². The van der Waals surface area contributed by atoms with E-state index in [0.717, 1.165) is 18.3 Å². The fourth-order valence-electron chi connectivity index (χ4n) is 1.34. The molecule has 0 fully saturated rings. The summed E-state index contributed by atoms with van der Waals surface area (Å²) in [6.07, 6.45) is -0.00922. The largest absolute Gasteiger partial charge is 0.481 e. The van der Waals surface area contributed by atoms with Crippen LogP contribution in [0, 0.1) is 0 Å². The fraction of sp³-hybridized carbons (Fsp3) is 0.200. The third kappa shape index (κ3) is 2.94. The number of carbonyl (C=O) groups is 3. The van der Waals surface area contributed by atoms with Gasteiger partial charge in [-0.1, -0.05) is 0 Å². The van der Waals surface area contributed by atoms with Crippen molar-refractivity contribution < 1.29 is 29.7 Å². The van der Waals surface area contributed by atoms with Crippen molar-refractivity contribution in [2.24, 2.45) is 0 Å². The van der Waals surface area contributed by atoms with Crippen molar-refractivity contribution in [3.8, 4) is 0 Å². The second kappa shape index (κ2) is 5.13. The summed E-state index contributed by atoms with van der Waals surface area (Å²) in [6.45, 7) is 0. The Hall–Kier alpha value is -2.64. The lowest BCUT2D eigenvalue weighted by Gasteiger charge is -2.13. The van der Waals surface area contributed by atoms with E-state index in [-0.39, 0.29) is 5.56 Å². The van der Waals surface area contributed by atoms with Crippen LogP contribution in [0.15, 0.2) is 23.1 Å². The average molecular weight is 255 g/mol. The minimum atomic E-state index is -1.64. The van der Waals surface area contributed by atoms with E-state index in [1.165, 1.54) is 0 Å². The van der Waals surface area contributed by atoms with E-state index < -0.39 is 35.9 Å². The van der Waals surface area contributed by atoms with Crippen molar-refractivity contribution >= 4 is 17.9 Å². The van der Waals surface area contributed by atoms with E-state index in [4.69, 9.17) is 15.3 Å². The van der Waals surface area contributed by atoms with Gasteiger partial charge in [-0.2, -0.15) is 0 Å². The first-order chi connectivity index (χ1) is 8.32. The first-order valence-electron chi connectivity index (χ1n) is 4.73. The number of aliphatic carboxylic acids is 2. The van der Waals surface area contributed by atoms with Crippen LogP contribution in [0.2, 0.25) is 0 Å². The smallest absolute Gasteiger partial charge is 0.337 e. The van der Waals surface area contributed by atoms with Gasteiger partial charge >= 0.3 is 17.9 Å². The molecule has 0 saturated heterocycles. The van der Waals surface area contributed by atoms with Crippen molar-refractivity contribution in [2.45, 2.75) is 12.5 Å². The Morgan fingerprint density at radius 3 is 2.22 bits per heavy atom. The van der Waals surface area contributed by atoms with Crippen LogP contribution in [-0.4, -0.2) is 37.8 Å². The molecule has 96 valence electrons. The maximum Gasteiger partial charge on any atom is 0.337 e. The van der Waals surface area contributed by atoms with Crippen molar-refractivity contribution in [2.75, 3.05) is 0 Å². The molecule has 0 aromatic carbocycles. The number of aromatic carboxylic acids is 1. The van der Waals surface area contributed by atoms with Gasteiger partial charge in [0, 0.05) is 12.3 Å². The normalized spacial score (nSPS) is 11.8. The Labute approximate surface area is 99.7 Å². The van der Waals surface area contributed by atoms with E-state index in [0.29, 0.717) is 4.57 Å². The molecule has 1 atom stereocenters. The van der Waals surface area contributed by atoms with Crippen molar-refractivity contribution in [1.82, 2.24) is 4.57 Å². The second-order valence-corrected chi connectivity index (χ2v) is 3.42. The topological polar surface area (TPSA) is 134 Å². The number of carboxylic acid groups (broad SMARTS) is 3. The molecule has 0 radical (unpaired) electrons. The van der Waals surface area contributed by atoms with Gasteiger partial charge in [0.1, 0.15) is 6.04 Å². The molecular weight excluding hydrogens is 246 g/mol. The highest BCUT2D eigenvalue weighted by Gasteiger charge is 2.24. The summed E-state index contributed by atoms with van der Waals surface area (Å²) >= 11 is 0. The zero-order valence-electron chi connectivity index (χ0n) is 8.94. The van der Waals surface area contributed by atoms with Crippen molar-refractivity contribution in [3.63, 3.8) is 0 Å². The molecule has 1 heterocycles. The van der Waals surface area contributed by atoms with Gasteiger partial charge in [0.2, 0.25) is 0 Å². The number of rotatable bonds is 5. The minimum absolute atomic E-state index is 0.300. The molecule has 8 nitrogen and oxygen atoms in total. The van der Waals surface area contributed by atoms with Crippen LogP contribution in [0.4, 0.5) is 0 Å². The monoisotopic (exact) mass is 255 g/mol. The third-order valence-corrected chi connectivity index (χ3v) is 2.17. The molecule has 0 aliphatic rings. The zero-order chi connectivity index (χ0) is 13.9. The van der Waals surface area contributed by atoms with Gasteiger partial charge in [0.15, 0.2) is 0 Å². The van der Waals surface area contributed by atoms with Crippen LogP contribution < -0.4 is 5.56 Å². The Bertz CT molecular complexity index is 560. The maximum atomic E-state index is 11.4. The van der Waals surface area contributed by atoms with Crippen LogP contribution >= 0.6 is 0 Å². The quantitative estimate of drug-likeness (QED) is 0.654. The average Bonchev–Trinajstić information content (AvgIpc) is 2.26. The first-order valence-corrected chi connectivity index (χ1v) is 4.73. The molecule has 0 aliphatic heterocycles. The molecule has 0 unspecified atom stereocenters. The van der Waals surface area contributed by atoms with Gasteiger partial charge < -0.3 is 15.3 Å². The zero-order valence-corrected chi connectivity index (χ0v) is 8.94. The Morgan fingerprint density at radius 2 is 1.78 bits per heavy atom. The molecule has 0 saturated carbocycles. The molecule has 0 bridgehead atoms. The van der Waals surface area contributed by atoms with Crippen LogP contribution in [0.1, 0.15) is 22.8 Å². The molecule has 0 amide bonds. The van der Waals surface area contributed by atoms with Gasteiger partial charge in [0.05, 0.1) is 12.0 Å². The van der Waals surface area contributed by atoms with E-state index in [9.17, 15) is 19.2 Å². The fourth-order valence-corrected chi connectivity index (χ4v) is 1.34. The summed E-state index contributed by atoms with van der Waals surface area (Å²) < 4.78 is 0.583. The highest BCUT2D eigenvalue weighted by atomic mass is 16.4. The number of nitrogens with zero attached hydrogens (tertiary/aromatic N) is 1. The first kappa shape index (κ1) is 13.4. The predicted molar refractivity (Wildman–Crippen MR) is 56.6 cm³/mol. The Balaban J connectivity index is 3.30. The second-order valence-electron chi connectivity index (χ2n) is 3.42. The lowest BCUT2D eigenvalue weighted by Crippen LogP contribution is -2.31. The maximum absolute atomic E-state index is 11.4. The van der Waals surface area contributed by atoms with Gasteiger partial charge in [-0.3, -0.25) is 14.2 Å². The Morgan fingerprint density at radius 1 is 1.17 bits per heavy atom. The van der Waals surface area contributed by atoms with Gasteiger partial charge in [-0.15, -0.1) is 0 Å². The lowest BCUT2D eigenvalue weighted by molar-refractivity contribution is -0.147. The highest BCUT2D eigenvalue weighted by Crippen LogP contribution is 2.10. The van der Waals surface area contributed by atoms with E-state index in [2.05, 4.69) is 0 Å². The molecule has 1 aromatic heterocycles. The van der Waals surface area contributed by atoms with Crippen LogP contribution in [0.5, 0.6) is 0 Å². The summed E-state index contributed by atoms with van der Waals surface area (Å²) in [6, 6.07) is 0.247. The molecule has 1 aromatic rings. The molecule has 1 rings (SSSR count). The predicted octanol–water partition coefficient (Wildman–Crippen LogP) is -0.353. The third-order valence-electron chi connectivity index (χ3n) is 2.17. The number of hydrogen-bond acceptors (Lipinski definition) is 4. The summed E-state index contributed by atoms with van der Waals surface area (Å²) in [4.78, 5) is 43.6. The molecule has 0 spiro atoms. The minimum Gasteiger partial charge on any atom is -0.481 e.